The van der Waals surface area contributed by atoms with Gasteiger partial charge in [0, 0.05) is 17.7 Å². The second kappa shape index (κ2) is 5.06. The first-order valence-electron chi connectivity index (χ1n) is 7.64. The lowest BCUT2D eigenvalue weighted by atomic mass is 9.93. The minimum absolute atomic E-state index is 0.0399. The van der Waals surface area contributed by atoms with Crippen molar-refractivity contribution in [1.82, 2.24) is 0 Å². The van der Waals surface area contributed by atoms with Crippen molar-refractivity contribution in [1.29, 1.82) is 0 Å². The van der Waals surface area contributed by atoms with Crippen LogP contribution in [0.15, 0.2) is 70.5 Å². The van der Waals surface area contributed by atoms with Gasteiger partial charge in [-0.3, -0.25) is 0 Å². The number of allylic oxidation sites excluding steroid dienone is 3. The summed E-state index contributed by atoms with van der Waals surface area (Å²) < 4.78 is 0. The molecule has 1 N–H and O–H groups in total. The first-order valence-corrected chi connectivity index (χ1v) is 8.93. The Bertz CT molecular complexity index is 780. The van der Waals surface area contributed by atoms with E-state index in [1.54, 1.807) is 0 Å². The van der Waals surface area contributed by atoms with Gasteiger partial charge in [-0.25, -0.2) is 0 Å². The van der Waals surface area contributed by atoms with Crippen molar-refractivity contribution >= 4 is 10.9 Å². The quantitative estimate of drug-likeness (QED) is 0.761. The molecule has 1 aliphatic carbocycles. The van der Waals surface area contributed by atoms with E-state index >= 15 is 0 Å². The summed E-state index contributed by atoms with van der Waals surface area (Å²) >= 11 is 0. The number of rotatable bonds is 1. The van der Waals surface area contributed by atoms with Crippen molar-refractivity contribution in [3.8, 4) is 5.75 Å². The number of hydrogen-bond acceptors (Lipinski definition) is 1. The van der Waals surface area contributed by atoms with E-state index in [2.05, 4.69) is 60.7 Å². The van der Waals surface area contributed by atoms with Gasteiger partial charge in [0.05, 0.1) is 16.8 Å². The van der Waals surface area contributed by atoms with E-state index < -0.39 is 0 Å². The summed E-state index contributed by atoms with van der Waals surface area (Å²) in [5.41, 5.74) is 3.40. The predicted molar refractivity (Wildman–Crippen MR) is 92.7 cm³/mol. The fourth-order valence-electron chi connectivity index (χ4n) is 3.52. The van der Waals surface area contributed by atoms with Gasteiger partial charge in [-0.1, -0.05) is 36.4 Å². The summed E-state index contributed by atoms with van der Waals surface area (Å²) in [7, 11) is 0.0399. The predicted octanol–water partition coefficient (Wildman–Crippen LogP) is 4.64. The van der Waals surface area contributed by atoms with Crippen LogP contribution >= 0.6 is 0 Å². The van der Waals surface area contributed by atoms with Crippen LogP contribution in [0, 0.1) is 13.8 Å². The van der Waals surface area contributed by atoms with Crippen LogP contribution in [0.4, 0.5) is 0 Å². The van der Waals surface area contributed by atoms with Gasteiger partial charge in [-0.2, -0.15) is 0 Å². The molecule has 1 aliphatic heterocycles. The molecule has 4 rings (SSSR count). The molecular weight excluding hydrogens is 288 g/mol. The molecule has 0 saturated carbocycles. The van der Waals surface area contributed by atoms with Crippen LogP contribution in [-0.2, 0) is 10.9 Å². The Labute approximate surface area is 134 Å². The van der Waals surface area contributed by atoms with Gasteiger partial charge in [0.15, 0.2) is 15.0 Å². The first-order chi connectivity index (χ1) is 10.7. The SMILES string of the molecule is Cc1cc([S+]2c3ccccc3C3C=CC=CC32)cc(C)c1O. The number of aryl methyl sites for hydroxylation is 2. The van der Waals surface area contributed by atoms with Gasteiger partial charge in [0.2, 0.25) is 0 Å². The van der Waals surface area contributed by atoms with E-state index in [9.17, 15) is 5.11 Å². The Kier molecular flexibility index (Phi) is 3.16. The highest BCUT2D eigenvalue weighted by atomic mass is 32.2. The van der Waals surface area contributed by atoms with E-state index in [0.29, 0.717) is 16.9 Å². The lowest BCUT2D eigenvalue weighted by molar-refractivity contribution is 0.466. The molecule has 2 heteroatoms. The van der Waals surface area contributed by atoms with Crippen LogP contribution in [0.5, 0.6) is 5.75 Å². The van der Waals surface area contributed by atoms with Gasteiger partial charge in [0.1, 0.15) is 5.75 Å². The number of fused-ring (bicyclic) bond motifs is 3. The maximum Gasteiger partial charge on any atom is 0.165 e. The summed E-state index contributed by atoms with van der Waals surface area (Å²) in [4.78, 5) is 2.80. The van der Waals surface area contributed by atoms with Crippen LogP contribution in [0.3, 0.4) is 0 Å². The van der Waals surface area contributed by atoms with Crippen LogP contribution in [0.1, 0.15) is 22.6 Å². The highest BCUT2D eigenvalue weighted by Crippen LogP contribution is 2.48. The third-order valence-electron chi connectivity index (χ3n) is 4.59. The lowest BCUT2D eigenvalue weighted by Gasteiger charge is -2.15. The largest absolute Gasteiger partial charge is 0.507 e. The molecule has 0 bridgehead atoms. The highest BCUT2D eigenvalue weighted by Gasteiger charge is 2.49. The zero-order valence-corrected chi connectivity index (χ0v) is 13.6. The minimum Gasteiger partial charge on any atom is -0.507 e. The molecule has 2 aromatic carbocycles. The van der Waals surface area contributed by atoms with Crippen molar-refractivity contribution in [3.05, 3.63) is 77.4 Å². The van der Waals surface area contributed by atoms with Gasteiger partial charge < -0.3 is 5.11 Å². The van der Waals surface area contributed by atoms with Gasteiger partial charge in [0.25, 0.3) is 0 Å². The molecule has 1 heterocycles. The molecule has 0 saturated heterocycles. The average Bonchev–Trinajstić information content (AvgIpc) is 2.87. The molecule has 110 valence electrons. The molecule has 3 atom stereocenters. The summed E-state index contributed by atoms with van der Waals surface area (Å²) in [6.07, 6.45) is 9.02. The standard InChI is InChI=1S/C20H18OS/c1-13-11-15(12-14(2)20(13)21)22-18-9-5-3-7-16(18)17-8-4-6-10-19(17)22/h3-12,16,18H,1-2H3/p+1. The molecule has 0 radical (unpaired) electrons. The van der Waals surface area contributed by atoms with Crippen molar-refractivity contribution in [2.45, 2.75) is 34.8 Å². The molecular formula is C20H19OS+. The van der Waals surface area contributed by atoms with Crippen molar-refractivity contribution in [2.75, 3.05) is 0 Å². The van der Waals surface area contributed by atoms with Gasteiger partial charge >= 0.3 is 0 Å². The Morgan fingerprint density at radius 3 is 2.41 bits per heavy atom. The molecule has 0 fully saturated rings. The molecule has 2 aromatic rings. The topological polar surface area (TPSA) is 20.2 Å². The van der Waals surface area contributed by atoms with E-state index in [1.165, 1.54) is 15.4 Å². The Hall–Kier alpha value is -1.93. The van der Waals surface area contributed by atoms with Crippen LogP contribution < -0.4 is 0 Å². The van der Waals surface area contributed by atoms with Crippen molar-refractivity contribution in [2.24, 2.45) is 0 Å². The molecule has 0 spiro atoms. The Balaban J connectivity index is 1.91. The Morgan fingerprint density at radius 2 is 1.64 bits per heavy atom. The first kappa shape index (κ1) is 13.7. The van der Waals surface area contributed by atoms with Gasteiger partial charge in [-0.15, -0.1) is 0 Å². The Morgan fingerprint density at radius 1 is 0.955 bits per heavy atom. The van der Waals surface area contributed by atoms with E-state index in [1.807, 2.05) is 13.8 Å². The number of hydrogen-bond donors (Lipinski definition) is 1. The monoisotopic (exact) mass is 307 g/mol. The maximum atomic E-state index is 10.1. The fraction of sp³-hybridized carbons (Fsp3) is 0.200. The molecule has 3 unspecified atom stereocenters. The molecule has 0 aromatic heterocycles. The molecule has 1 nitrogen and oxygen atoms in total. The van der Waals surface area contributed by atoms with Crippen molar-refractivity contribution in [3.63, 3.8) is 0 Å². The van der Waals surface area contributed by atoms with Gasteiger partial charge in [-0.05, 0) is 37.1 Å². The van der Waals surface area contributed by atoms with Crippen LogP contribution in [0.2, 0.25) is 0 Å². The minimum atomic E-state index is 0.0399. The number of phenols is 1. The third kappa shape index (κ3) is 1.94. The summed E-state index contributed by atoms with van der Waals surface area (Å²) in [5, 5.41) is 10.6. The fourth-order valence-corrected chi connectivity index (χ4v) is 6.45. The average molecular weight is 307 g/mol. The maximum absolute atomic E-state index is 10.1. The summed E-state index contributed by atoms with van der Waals surface area (Å²) in [6.45, 7) is 3.98. The zero-order valence-electron chi connectivity index (χ0n) is 12.8. The van der Waals surface area contributed by atoms with Crippen LogP contribution in [-0.4, -0.2) is 10.4 Å². The molecule has 22 heavy (non-hydrogen) atoms. The molecule has 0 amide bonds. The summed E-state index contributed by atoms with van der Waals surface area (Å²) in [6, 6.07) is 13.2. The second-order valence-electron chi connectivity index (χ2n) is 6.04. The second-order valence-corrected chi connectivity index (χ2v) is 8.17. The highest BCUT2D eigenvalue weighted by molar-refractivity contribution is 7.98. The zero-order chi connectivity index (χ0) is 15.3. The van der Waals surface area contributed by atoms with E-state index in [0.717, 1.165) is 11.1 Å². The lowest BCUT2D eigenvalue weighted by Crippen LogP contribution is -2.20. The van der Waals surface area contributed by atoms with E-state index in [4.69, 9.17) is 0 Å². The summed E-state index contributed by atoms with van der Waals surface area (Å²) in [5.74, 6) is 0.911. The smallest absolute Gasteiger partial charge is 0.165 e. The normalized spacial score (nSPS) is 25.1. The molecule has 2 aliphatic rings. The third-order valence-corrected chi connectivity index (χ3v) is 7.17. The van der Waals surface area contributed by atoms with Crippen molar-refractivity contribution < 1.29 is 5.11 Å². The number of phenolic OH excluding ortho intramolecular Hbond substituents is 1. The van der Waals surface area contributed by atoms with Crippen LogP contribution in [0.25, 0.3) is 0 Å². The number of benzene rings is 2. The van der Waals surface area contributed by atoms with E-state index in [-0.39, 0.29) is 10.9 Å². The number of aromatic hydroxyl groups is 1.